The lowest BCUT2D eigenvalue weighted by atomic mass is 10.1. The van der Waals surface area contributed by atoms with Crippen molar-refractivity contribution in [1.82, 2.24) is 5.16 Å². The average molecular weight is 284 g/mol. The maximum atomic E-state index is 12.1. The number of aryl methyl sites for hydroxylation is 1. The Hall–Kier alpha value is -2.10. The Morgan fingerprint density at radius 2 is 2.10 bits per heavy atom. The largest absolute Gasteiger partial charge is 0.360 e. The third kappa shape index (κ3) is 3.51. The third-order valence-corrected chi connectivity index (χ3v) is 3.77. The number of hydrogen-bond donors (Lipinski definition) is 1. The molecule has 1 aromatic carbocycles. The van der Waals surface area contributed by atoms with Gasteiger partial charge in [0.1, 0.15) is 5.76 Å². The standard InChI is InChI=1S/C17H20N2O2/c1-2-3-4-12-5-9-14(10-6-12)18-17(20)15-11-16(21-19-15)13-7-8-13/h5-6,9-11,13H,2-4,7-8H2,1H3,(H,18,20). The highest BCUT2D eigenvalue weighted by atomic mass is 16.5. The van der Waals surface area contributed by atoms with Crippen LogP contribution in [0.15, 0.2) is 34.9 Å². The van der Waals surface area contributed by atoms with E-state index < -0.39 is 0 Å². The predicted molar refractivity (Wildman–Crippen MR) is 81.5 cm³/mol. The molecule has 3 rings (SSSR count). The summed E-state index contributed by atoms with van der Waals surface area (Å²) < 4.78 is 5.20. The predicted octanol–water partition coefficient (Wildman–Crippen LogP) is 4.15. The molecule has 0 bridgehead atoms. The van der Waals surface area contributed by atoms with E-state index in [1.165, 1.54) is 18.4 Å². The highest BCUT2D eigenvalue weighted by Gasteiger charge is 2.28. The van der Waals surface area contributed by atoms with Crippen molar-refractivity contribution < 1.29 is 9.32 Å². The molecule has 110 valence electrons. The van der Waals surface area contributed by atoms with Crippen LogP contribution in [0.2, 0.25) is 0 Å². The minimum Gasteiger partial charge on any atom is -0.360 e. The first-order valence-electron chi connectivity index (χ1n) is 7.63. The quantitative estimate of drug-likeness (QED) is 0.867. The zero-order valence-corrected chi connectivity index (χ0v) is 12.3. The van der Waals surface area contributed by atoms with E-state index in [1.54, 1.807) is 6.07 Å². The number of carbonyl (C=O) groups is 1. The van der Waals surface area contributed by atoms with E-state index in [9.17, 15) is 4.79 Å². The molecular formula is C17H20N2O2. The van der Waals surface area contributed by atoms with Crippen molar-refractivity contribution in [3.8, 4) is 0 Å². The highest BCUT2D eigenvalue weighted by molar-refractivity contribution is 6.02. The second-order valence-corrected chi connectivity index (χ2v) is 5.64. The second-order valence-electron chi connectivity index (χ2n) is 5.64. The third-order valence-electron chi connectivity index (χ3n) is 3.77. The second kappa shape index (κ2) is 6.12. The molecule has 4 nitrogen and oxygen atoms in total. The molecule has 1 amide bonds. The van der Waals surface area contributed by atoms with Gasteiger partial charge >= 0.3 is 0 Å². The van der Waals surface area contributed by atoms with Gasteiger partial charge in [-0.25, -0.2) is 0 Å². The number of aromatic nitrogens is 1. The monoisotopic (exact) mass is 284 g/mol. The van der Waals surface area contributed by atoms with Gasteiger partial charge in [-0.1, -0.05) is 30.6 Å². The first kappa shape index (κ1) is 13.9. The molecule has 0 saturated heterocycles. The summed E-state index contributed by atoms with van der Waals surface area (Å²) in [7, 11) is 0. The Morgan fingerprint density at radius 1 is 1.33 bits per heavy atom. The van der Waals surface area contributed by atoms with E-state index in [2.05, 4.69) is 29.5 Å². The van der Waals surface area contributed by atoms with E-state index >= 15 is 0 Å². The normalized spacial score (nSPS) is 14.1. The fraction of sp³-hybridized carbons (Fsp3) is 0.412. The average Bonchev–Trinajstić information content (AvgIpc) is 3.23. The summed E-state index contributed by atoms with van der Waals surface area (Å²) in [5.74, 6) is 1.08. The van der Waals surface area contributed by atoms with Crippen molar-refractivity contribution in [1.29, 1.82) is 0 Å². The van der Waals surface area contributed by atoms with Crippen molar-refractivity contribution >= 4 is 11.6 Å². The Bertz CT molecular complexity index is 612. The van der Waals surface area contributed by atoms with Gasteiger partial charge in [-0.05, 0) is 43.4 Å². The maximum Gasteiger partial charge on any atom is 0.277 e. The molecule has 1 aliphatic carbocycles. The molecule has 0 radical (unpaired) electrons. The fourth-order valence-corrected chi connectivity index (χ4v) is 2.29. The molecular weight excluding hydrogens is 264 g/mol. The molecule has 1 aromatic heterocycles. The van der Waals surface area contributed by atoms with Gasteiger partial charge in [0.25, 0.3) is 5.91 Å². The topological polar surface area (TPSA) is 55.1 Å². The minimum atomic E-state index is -0.216. The number of carbonyl (C=O) groups excluding carboxylic acids is 1. The number of amides is 1. The van der Waals surface area contributed by atoms with Crippen molar-refractivity contribution in [3.63, 3.8) is 0 Å². The smallest absolute Gasteiger partial charge is 0.277 e. The van der Waals surface area contributed by atoms with Crippen LogP contribution in [0.1, 0.15) is 60.3 Å². The van der Waals surface area contributed by atoms with E-state index in [0.29, 0.717) is 11.6 Å². The molecule has 4 heteroatoms. The molecule has 2 aromatic rings. The Morgan fingerprint density at radius 3 is 2.76 bits per heavy atom. The summed E-state index contributed by atoms with van der Waals surface area (Å²) in [6.07, 6.45) is 5.73. The molecule has 1 fully saturated rings. The van der Waals surface area contributed by atoms with Crippen molar-refractivity contribution in [2.45, 2.75) is 44.9 Å². The van der Waals surface area contributed by atoms with Crippen molar-refractivity contribution in [3.05, 3.63) is 47.3 Å². The van der Waals surface area contributed by atoms with Gasteiger partial charge in [0.05, 0.1) is 0 Å². The van der Waals surface area contributed by atoms with Crippen LogP contribution in [-0.4, -0.2) is 11.1 Å². The van der Waals surface area contributed by atoms with Gasteiger partial charge in [-0.3, -0.25) is 4.79 Å². The van der Waals surface area contributed by atoms with Gasteiger partial charge in [0, 0.05) is 17.7 Å². The summed E-state index contributed by atoms with van der Waals surface area (Å²) >= 11 is 0. The van der Waals surface area contributed by atoms with E-state index in [4.69, 9.17) is 4.52 Å². The summed E-state index contributed by atoms with van der Waals surface area (Å²) in [4.78, 5) is 12.1. The van der Waals surface area contributed by atoms with E-state index in [1.807, 2.05) is 12.1 Å². The van der Waals surface area contributed by atoms with E-state index in [0.717, 1.165) is 30.7 Å². The molecule has 0 aliphatic heterocycles. The van der Waals surface area contributed by atoms with Crippen LogP contribution in [0, 0.1) is 0 Å². The van der Waals surface area contributed by atoms with Crippen LogP contribution >= 0.6 is 0 Å². The number of nitrogens with one attached hydrogen (secondary N) is 1. The maximum absolute atomic E-state index is 12.1. The lowest BCUT2D eigenvalue weighted by molar-refractivity contribution is 0.101. The van der Waals surface area contributed by atoms with Gasteiger partial charge in [0.15, 0.2) is 5.69 Å². The molecule has 1 aliphatic rings. The summed E-state index contributed by atoms with van der Waals surface area (Å²) in [5.41, 5.74) is 2.44. The molecule has 0 spiro atoms. The molecule has 1 N–H and O–H groups in total. The first-order valence-corrected chi connectivity index (χ1v) is 7.63. The Labute approximate surface area is 124 Å². The van der Waals surface area contributed by atoms with Gasteiger partial charge in [-0.15, -0.1) is 0 Å². The molecule has 0 atom stereocenters. The van der Waals surface area contributed by atoms with Gasteiger partial charge < -0.3 is 9.84 Å². The zero-order chi connectivity index (χ0) is 14.7. The molecule has 21 heavy (non-hydrogen) atoms. The van der Waals surface area contributed by atoms with Crippen LogP contribution in [-0.2, 0) is 6.42 Å². The van der Waals surface area contributed by atoms with Crippen molar-refractivity contribution in [2.75, 3.05) is 5.32 Å². The van der Waals surface area contributed by atoms with Gasteiger partial charge in [-0.2, -0.15) is 0 Å². The van der Waals surface area contributed by atoms with Crippen LogP contribution in [0.3, 0.4) is 0 Å². The SMILES string of the molecule is CCCCc1ccc(NC(=O)c2cc(C3CC3)on2)cc1. The number of nitrogens with zero attached hydrogens (tertiary/aromatic N) is 1. The fourth-order valence-electron chi connectivity index (χ4n) is 2.29. The molecule has 1 saturated carbocycles. The Balaban J connectivity index is 1.60. The minimum absolute atomic E-state index is 0.216. The number of anilines is 1. The van der Waals surface area contributed by atoms with Crippen LogP contribution in [0.4, 0.5) is 5.69 Å². The Kier molecular flexibility index (Phi) is 4.04. The number of benzene rings is 1. The summed E-state index contributed by atoms with van der Waals surface area (Å²) in [6, 6.07) is 9.74. The number of hydrogen-bond acceptors (Lipinski definition) is 3. The lowest BCUT2D eigenvalue weighted by Gasteiger charge is -2.04. The van der Waals surface area contributed by atoms with E-state index in [-0.39, 0.29) is 5.91 Å². The van der Waals surface area contributed by atoms with Gasteiger partial charge in [0.2, 0.25) is 0 Å². The summed E-state index contributed by atoms with van der Waals surface area (Å²) in [5, 5.41) is 6.70. The zero-order valence-electron chi connectivity index (χ0n) is 12.3. The molecule has 1 heterocycles. The summed E-state index contributed by atoms with van der Waals surface area (Å²) in [6.45, 7) is 2.18. The highest BCUT2D eigenvalue weighted by Crippen LogP contribution is 2.40. The lowest BCUT2D eigenvalue weighted by Crippen LogP contribution is -2.12. The van der Waals surface area contributed by atoms with Crippen LogP contribution < -0.4 is 5.32 Å². The van der Waals surface area contributed by atoms with Crippen LogP contribution in [0.5, 0.6) is 0 Å². The molecule has 0 unspecified atom stereocenters. The van der Waals surface area contributed by atoms with Crippen LogP contribution in [0.25, 0.3) is 0 Å². The number of rotatable bonds is 6. The number of unbranched alkanes of at least 4 members (excludes halogenated alkanes) is 1. The first-order chi connectivity index (χ1) is 10.3. The van der Waals surface area contributed by atoms with Crippen molar-refractivity contribution in [2.24, 2.45) is 0 Å².